The van der Waals surface area contributed by atoms with Crippen molar-refractivity contribution in [2.24, 2.45) is 4.99 Å². The summed E-state index contributed by atoms with van der Waals surface area (Å²) in [6.07, 6.45) is 4.00. The van der Waals surface area contributed by atoms with Crippen molar-refractivity contribution < 1.29 is 4.39 Å². The maximum Gasteiger partial charge on any atom is 0.191 e. The average molecular weight is 389 g/mol. The Labute approximate surface area is 167 Å². The van der Waals surface area contributed by atoms with E-state index in [0.29, 0.717) is 0 Å². The van der Waals surface area contributed by atoms with E-state index in [9.17, 15) is 4.39 Å². The minimum Gasteiger partial charge on any atom is -0.361 e. The SMILES string of the molecule is CCNC(=NCCN1CCCN(C)CC1)NCCc1c[nH]c2ccc(F)cc12. The number of fused-ring (bicyclic) bond motifs is 1. The summed E-state index contributed by atoms with van der Waals surface area (Å²) >= 11 is 0. The molecule has 28 heavy (non-hydrogen) atoms. The van der Waals surface area contributed by atoms with Gasteiger partial charge in [-0.3, -0.25) is 4.99 Å². The quantitative estimate of drug-likeness (QED) is 0.502. The van der Waals surface area contributed by atoms with Crippen LogP contribution < -0.4 is 10.6 Å². The van der Waals surface area contributed by atoms with Gasteiger partial charge in [0.25, 0.3) is 0 Å². The summed E-state index contributed by atoms with van der Waals surface area (Å²) in [6, 6.07) is 4.87. The van der Waals surface area contributed by atoms with Crippen LogP contribution >= 0.6 is 0 Å². The number of aliphatic imine (C=N–C) groups is 1. The number of guanidine groups is 1. The van der Waals surface area contributed by atoms with Gasteiger partial charge >= 0.3 is 0 Å². The van der Waals surface area contributed by atoms with E-state index >= 15 is 0 Å². The van der Waals surface area contributed by atoms with E-state index in [1.807, 2.05) is 6.20 Å². The Morgan fingerprint density at radius 2 is 2.11 bits per heavy atom. The molecule has 7 heteroatoms. The first-order chi connectivity index (χ1) is 13.7. The van der Waals surface area contributed by atoms with E-state index in [4.69, 9.17) is 4.99 Å². The van der Waals surface area contributed by atoms with Crippen molar-refractivity contribution in [2.45, 2.75) is 19.8 Å². The van der Waals surface area contributed by atoms with Gasteiger partial charge in [-0.1, -0.05) is 0 Å². The molecular weight excluding hydrogens is 355 g/mol. The highest BCUT2D eigenvalue weighted by atomic mass is 19.1. The van der Waals surface area contributed by atoms with Crippen LogP contribution in [-0.4, -0.2) is 80.1 Å². The van der Waals surface area contributed by atoms with Crippen molar-refractivity contribution in [3.63, 3.8) is 0 Å². The van der Waals surface area contributed by atoms with Crippen LogP contribution in [0, 0.1) is 5.82 Å². The van der Waals surface area contributed by atoms with E-state index in [2.05, 4.69) is 39.4 Å². The molecule has 0 unspecified atom stereocenters. The molecule has 0 bridgehead atoms. The molecule has 0 aliphatic carbocycles. The molecule has 2 aromatic rings. The summed E-state index contributed by atoms with van der Waals surface area (Å²) in [5, 5.41) is 7.66. The van der Waals surface area contributed by atoms with E-state index in [1.54, 1.807) is 12.1 Å². The molecule has 3 rings (SSSR count). The summed E-state index contributed by atoms with van der Waals surface area (Å²) in [6.45, 7) is 10.0. The fraction of sp³-hybridized carbons (Fsp3) is 0.571. The van der Waals surface area contributed by atoms with Crippen molar-refractivity contribution in [2.75, 3.05) is 59.4 Å². The number of aromatic amines is 1. The highest BCUT2D eigenvalue weighted by Gasteiger charge is 2.11. The standard InChI is InChI=1S/C21H33FN6/c1-3-23-21(25-9-12-28-11-4-10-27(2)13-14-28)24-8-7-17-16-26-20-6-5-18(22)15-19(17)20/h5-6,15-16,26H,3-4,7-14H2,1-2H3,(H2,23,24,25). The second-order valence-corrected chi connectivity index (χ2v) is 7.44. The molecule has 2 heterocycles. The average Bonchev–Trinajstić information content (AvgIpc) is 2.95. The number of aromatic nitrogens is 1. The minimum atomic E-state index is -0.198. The molecule has 1 aliphatic heterocycles. The number of halogens is 1. The lowest BCUT2D eigenvalue weighted by Gasteiger charge is -2.19. The molecule has 0 saturated carbocycles. The molecule has 0 radical (unpaired) electrons. The molecular formula is C21H33FN6. The first-order valence-corrected chi connectivity index (χ1v) is 10.3. The van der Waals surface area contributed by atoms with Crippen molar-refractivity contribution in [3.05, 3.63) is 35.8 Å². The summed E-state index contributed by atoms with van der Waals surface area (Å²) in [4.78, 5) is 12.8. The van der Waals surface area contributed by atoms with Gasteiger partial charge in [0.05, 0.1) is 6.54 Å². The largest absolute Gasteiger partial charge is 0.361 e. The number of nitrogens with one attached hydrogen (secondary N) is 3. The lowest BCUT2D eigenvalue weighted by atomic mass is 10.1. The van der Waals surface area contributed by atoms with Crippen LogP contribution in [0.1, 0.15) is 18.9 Å². The number of benzene rings is 1. The maximum absolute atomic E-state index is 13.5. The van der Waals surface area contributed by atoms with Crippen LogP contribution in [0.3, 0.4) is 0 Å². The fourth-order valence-electron chi connectivity index (χ4n) is 3.64. The molecule has 0 atom stereocenters. The summed E-state index contributed by atoms with van der Waals surface area (Å²) < 4.78 is 13.5. The molecule has 0 spiro atoms. The second kappa shape index (κ2) is 10.4. The summed E-state index contributed by atoms with van der Waals surface area (Å²) in [7, 11) is 2.19. The molecule has 0 amide bonds. The van der Waals surface area contributed by atoms with E-state index in [-0.39, 0.29) is 5.82 Å². The molecule has 154 valence electrons. The predicted octanol–water partition coefficient (Wildman–Crippen LogP) is 2.04. The third kappa shape index (κ3) is 5.94. The van der Waals surface area contributed by atoms with Gasteiger partial charge in [-0.2, -0.15) is 0 Å². The van der Waals surface area contributed by atoms with Crippen LogP contribution in [0.4, 0.5) is 4.39 Å². The number of likely N-dealkylation sites (N-methyl/N-ethyl adjacent to an activating group) is 1. The predicted molar refractivity (Wildman–Crippen MR) is 114 cm³/mol. The van der Waals surface area contributed by atoms with Gasteiger partial charge in [0.1, 0.15) is 5.82 Å². The van der Waals surface area contributed by atoms with Crippen LogP contribution in [-0.2, 0) is 6.42 Å². The van der Waals surface area contributed by atoms with Gasteiger partial charge in [-0.15, -0.1) is 0 Å². The third-order valence-corrected chi connectivity index (χ3v) is 5.26. The van der Waals surface area contributed by atoms with E-state index in [1.165, 1.54) is 19.0 Å². The van der Waals surface area contributed by atoms with E-state index in [0.717, 1.165) is 74.7 Å². The Balaban J connectivity index is 1.48. The highest BCUT2D eigenvalue weighted by molar-refractivity contribution is 5.83. The molecule has 1 fully saturated rings. The Kier molecular flexibility index (Phi) is 7.68. The Morgan fingerprint density at radius 1 is 1.21 bits per heavy atom. The van der Waals surface area contributed by atoms with Crippen molar-refractivity contribution >= 4 is 16.9 Å². The highest BCUT2D eigenvalue weighted by Crippen LogP contribution is 2.19. The van der Waals surface area contributed by atoms with Crippen molar-refractivity contribution in [3.8, 4) is 0 Å². The molecule has 1 saturated heterocycles. The zero-order chi connectivity index (χ0) is 19.8. The van der Waals surface area contributed by atoms with Gasteiger partial charge in [-0.05, 0) is 63.7 Å². The van der Waals surface area contributed by atoms with Crippen molar-refractivity contribution in [1.29, 1.82) is 0 Å². The molecule has 1 aromatic heterocycles. The van der Waals surface area contributed by atoms with Crippen LogP contribution in [0.2, 0.25) is 0 Å². The molecule has 6 nitrogen and oxygen atoms in total. The van der Waals surface area contributed by atoms with Gasteiger partial charge in [-0.25, -0.2) is 4.39 Å². The molecule has 3 N–H and O–H groups in total. The van der Waals surface area contributed by atoms with Crippen LogP contribution in [0.25, 0.3) is 10.9 Å². The summed E-state index contributed by atoms with van der Waals surface area (Å²) in [5.41, 5.74) is 2.09. The van der Waals surface area contributed by atoms with E-state index < -0.39 is 0 Å². The third-order valence-electron chi connectivity index (χ3n) is 5.26. The van der Waals surface area contributed by atoms with Gasteiger partial charge in [0.15, 0.2) is 5.96 Å². The first-order valence-electron chi connectivity index (χ1n) is 10.3. The Bertz CT molecular complexity index is 771. The Hall–Kier alpha value is -2.12. The topological polar surface area (TPSA) is 58.7 Å². The smallest absolute Gasteiger partial charge is 0.191 e. The fourth-order valence-corrected chi connectivity index (χ4v) is 3.64. The van der Waals surface area contributed by atoms with Gasteiger partial charge in [0.2, 0.25) is 0 Å². The van der Waals surface area contributed by atoms with Crippen LogP contribution in [0.5, 0.6) is 0 Å². The monoisotopic (exact) mass is 388 g/mol. The molecule has 1 aromatic carbocycles. The zero-order valence-corrected chi connectivity index (χ0v) is 17.1. The lowest BCUT2D eigenvalue weighted by molar-refractivity contribution is 0.283. The zero-order valence-electron chi connectivity index (χ0n) is 17.1. The number of nitrogens with zero attached hydrogens (tertiary/aromatic N) is 3. The van der Waals surface area contributed by atoms with Gasteiger partial charge in [0, 0.05) is 49.8 Å². The Morgan fingerprint density at radius 3 is 2.96 bits per heavy atom. The molecule has 1 aliphatic rings. The van der Waals surface area contributed by atoms with Crippen molar-refractivity contribution in [1.82, 2.24) is 25.4 Å². The number of hydrogen-bond donors (Lipinski definition) is 3. The summed E-state index contributed by atoms with van der Waals surface area (Å²) in [5.74, 6) is 0.649. The second-order valence-electron chi connectivity index (χ2n) is 7.44. The first kappa shape index (κ1) is 20.6. The number of rotatable bonds is 7. The van der Waals surface area contributed by atoms with Crippen LogP contribution in [0.15, 0.2) is 29.4 Å². The number of hydrogen-bond acceptors (Lipinski definition) is 3. The maximum atomic E-state index is 13.5. The normalized spacial score (nSPS) is 17.0. The van der Waals surface area contributed by atoms with Gasteiger partial charge < -0.3 is 25.4 Å². The lowest BCUT2D eigenvalue weighted by Crippen LogP contribution is -2.39. The minimum absolute atomic E-state index is 0.198. The number of H-pyrrole nitrogens is 1.